The van der Waals surface area contributed by atoms with Crippen LogP contribution in [0.4, 0.5) is 0 Å². The van der Waals surface area contributed by atoms with Crippen LogP contribution in [0.15, 0.2) is 0 Å². The van der Waals surface area contributed by atoms with E-state index in [0.717, 1.165) is 0 Å². The summed E-state index contributed by atoms with van der Waals surface area (Å²) in [4.78, 5) is 9.89. The molecular formula is C12H24O6. The van der Waals surface area contributed by atoms with Crippen LogP contribution in [0, 0.1) is 0 Å². The molecule has 0 aliphatic carbocycles. The maximum atomic E-state index is 9.89. The first kappa shape index (κ1) is 17.5. The number of hydrogen-bond acceptors (Lipinski definition) is 6. The average molecular weight is 264 g/mol. The van der Waals surface area contributed by atoms with Crippen LogP contribution in [0.1, 0.15) is 41.5 Å². The number of Topliss-reactive ketones (excluding diaryl/α,β-unsaturated/α-hetero) is 1. The van der Waals surface area contributed by atoms with Gasteiger partial charge < -0.3 is 24.8 Å². The number of rotatable bonds is 1. The number of carbonyl (C=O) groups excluding carboxylic acids is 1. The lowest BCUT2D eigenvalue weighted by Crippen LogP contribution is -2.59. The summed E-state index contributed by atoms with van der Waals surface area (Å²) in [5.41, 5.74) is 0. The molecule has 5 unspecified atom stereocenters. The van der Waals surface area contributed by atoms with Crippen molar-refractivity contribution in [3.63, 3.8) is 0 Å². The second-order valence-electron chi connectivity index (χ2n) is 4.92. The zero-order chi connectivity index (χ0) is 14.7. The normalized spacial score (nSPS) is 41.6. The van der Waals surface area contributed by atoms with E-state index >= 15 is 0 Å². The highest BCUT2D eigenvalue weighted by Crippen LogP contribution is 2.31. The number of hydrogen-bond donors (Lipinski definition) is 3. The fraction of sp³-hybridized carbons (Fsp3) is 0.917. The molecule has 0 radical (unpaired) electrons. The Kier molecular flexibility index (Phi) is 5.90. The van der Waals surface area contributed by atoms with Gasteiger partial charge in [-0.05, 0) is 41.5 Å². The summed E-state index contributed by atoms with van der Waals surface area (Å²) in [5.74, 6) is -2.82. The van der Waals surface area contributed by atoms with Crippen molar-refractivity contribution >= 4 is 5.78 Å². The molecular weight excluding hydrogens is 240 g/mol. The van der Waals surface area contributed by atoms with Crippen LogP contribution in [0.25, 0.3) is 0 Å². The first-order valence-corrected chi connectivity index (χ1v) is 5.89. The summed E-state index contributed by atoms with van der Waals surface area (Å²) in [6, 6.07) is 0. The predicted octanol–water partition coefficient (Wildman–Crippen LogP) is 0.183. The number of carbonyl (C=O) groups is 1. The highest BCUT2D eigenvalue weighted by molar-refractivity contribution is 5.79. The van der Waals surface area contributed by atoms with E-state index in [1.807, 2.05) is 0 Å². The van der Waals surface area contributed by atoms with Crippen LogP contribution in [-0.4, -0.2) is 51.0 Å². The second kappa shape index (κ2) is 6.08. The monoisotopic (exact) mass is 264 g/mol. The van der Waals surface area contributed by atoms with Crippen LogP contribution in [0.3, 0.4) is 0 Å². The number of aliphatic hydroxyl groups is 3. The molecule has 1 saturated heterocycles. The van der Waals surface area contributed by atoms with E-state index < -0.39 is 29.9 Å². The molecule has 1 heterocycles. The fourth-order valence-electron chi connectivity index (χ4n) is 1.13. The molecule has 0 aromatic heterocycles. The molecule has 6 nitrogen and oxygen atoms in total. The van der Waals surface area contributed by atoms with E-state index in [0.29, 0.717) is 0 Å². The Morgan fingerprint density at radius 1 is 1.11 bits per heavy atom. The highest BCUT2D eigenvalue weighted by atomic mass is 16.7. The van der Waals surface area contributed by atoms with Crippen molar-refractivity contribution in [3.8, 4) is 0 Å². The van der Waals surface area contributed by atoms with E-state index in [2.05, 4.69) is 0 Å². The van der Waals surface area contributed by atoms with Gasteiger partial charge in [0.2, 0.25) is 0 Å². The molecule has 6 heteroatoms. The van der Waals surface area contributed by atoms with Gasteiger partial charge in [-0.2, -0.15) is 0 Å². The highest BCUT2D eigenvalue weighted by Gasteiger charge is 2.47. The fourth-order valence-corrected chi connectivity index (χ4v) is 1.13. The van der Waals surface area contributed by atoms with Crippen molar-refractivity contribution in [1.29, 1.82) is 0 Å². The summed E-state index contributed by atoms with van der Waals surface area (Å²) in [6.45, 7) is 9.14. The lowest BCUT2D eigenvalue weighted by Gasteiger charge is -2.46. The van der Waals surface area contributed by atoms with Crippen molar-refractivity contribution in [1.82, 2.24) is 0 Å². The second-order valence-corrected chi connectivity index (χ2v) is 4.92. The van der Waals surface area contributed by atoms with Gasteiger partial charge in [-0.1, -0.05) is 0 Å². The van der Waals surface area contributed by atoms with Gasteiger partial charge in [0.05, 0.1) is 0 Å². The molecule has 0 aromatic rings. The summed E-state index contributed by atoms with van der Waals surface area (Å²) in [6.07, 6.45) is -1.86. The molecule has 3 N–H and O–H groups in total. The van der Waals surface area contributed by atoms with E-state index in [9.17, 15) is 15.0 Å². The maximum absolute atomic E-state index is 9.89. The van der Waals surface area contributed by atoms with Gasteiger partial charge in [0.25, 0.3) is 0 Å². The minimum absolute atomic E-state index is 0.185. The lowest BCUT2D eigenvalue weighted by molar-refractivity contribution is -0.406. The molecule has 1 rings (SSSR count). The van der Waals surface area contributed by atoms with Crippen LogP contribution < -0.4 is 0 Å². The van der Waals surface area contributed by atoms with Crippen LogP contribution in [-0.2, 0) is 14.3 Å². The molecule has 0 spiro atoms. The third-order valence-corrected chi connectivity index (χ3v) is 2.93. The van der Waals surface area contributed by atoms with E-state index in [4.69, 9.17) is 14.6 Å². The van der Waals surface area contributed by atoms with Gasteiger partial charge in [0.15, 0.2) is 17.4 Å². The Morgan fingerprint density at radius 3 is 1.50 bits per heavy atom. The molecule has 0 saturated carbocycles. The first-order chi connectivity index (χ1) is 7.90. The molecule has 1 aliphatic heterocycles. The number of ether oxygens (including phenoxy) is 2. The molecule has 18 heavy (non-hydrogen) atoms. The van der Waals surface area contributed by atoms with Crippen LogP contribution in [0.5, 0.6) is 0 Å². The molecule has 1 aliphatic rings. The first-order valence-electron chi connectivity index (χ1n) is 5.89. The number of aliphatic hydroxyl groups excluding tert-OH is 1. The Labute approximate surface area is 108 Å². The van der Waals surface area contributed by atoms with E-state index in [-0.39, 0.29) is 5.78 Å². The topological polar surface area (TPSA) is 96.2 Å². The van der Waals surface area contributed by atoms with Crippen molar-refractivity contribution in [3.05, 3.63) is 0 Å². The Morgan fingerprint density at radius 2 is 1.33 bits per heavy atom. The van der Waals surface area contributed by atoms with Crippen molar-refractivity contribution in [2.75, 3.05) is 0 Å². The quantitative estimate of drug-likeness (QED) is 0.625. The van der Waals surface area contributed by atoms with E-state index in [1.54, 1.807) is 13.8 Å². The largest absolute Gasteiger partial charge is 0.386 e. The molecule has 1 fully saturated rings. The van der Waals surface area contributed by atoms with Crippen molar-refractivity contribution < 1.29 is 29.6 Å². The minimum atomic E-state index is -1.32. The van der Waals surface area contributed by atoms with Crippen LogP contribution in [0.2, 0.25) is 0 Å². The minimum Gasteiger partial charge on any atom is -0.386 e. The maximum Gasteiger partial charge on any atom is 0.189 e. The predicted molar refractivity (Wildman–Crippen MR) is 64.7 cm³/mol. The molecule has 0 amide bonds. The summed E-state index contributed by atoms with van der Waals surface area (Å²) >= 11 is 0. The lowest BCUT2D eigenvalue weighted by atomic mass is 10.1. The van der Waals surface area contributed by atoms with Gasteiger partial charge >= 0.3 is 0 Å². The third-order valence-electron chi connectivity index (χ3n) is 2.93. The Balaban J connectivity index is 0.000000411. The number of ketones is 1. The van der Waals surface area contributed by atoms with Gasteiger partial charge in [0, 0.05) is 0 Å². The summed E-state index contributed by atoms with van der Waals surface area (Å²) in [5, 5.41) is 27.5. The third kappa shape index (κ3) is 4.99. The zero-order valence-electron chi connectivity index (χ0n) is 11.8. The average Bonchev–Trinajstić information content (AvgIpc) is 2.15. The summed E-state index contributed by atoms with van der Waals surface area (Å²) < 4.78 is 10.4. The Hall–Kier alpha value is -0.530. The van der Waals surface area contributed by atoms with Gasteiger partial charge in [0.1, 0.15) is 18.3 Å². The molecule has 0 aromatic carbocycles. The van der Waals surface area contributed by atoms with Crippen LogP contribution >= 0.6 is 0 Å². The molecule has 5 atom stereocenters. The van der Waals surface area contributed by atoms with Gasteiger partial charge in [-0.25, -0.2) is 0 Å². The van der Waals surface area contributed by atoms with Gasteiger partial charge in [-0.15, -0.1) is 0 Å². The standard InChI is InChI=1S/C8H16O4.C4H8O2/c1-5-7(3,9)12-6(2)8(4,10)11-5;1-3(5)4(2)6/h5-6,9-10H,1-4H3;3,5H,1-2H3. The molecule has 108 valence electrons. The summed E-state index contributed by atoms with van der Waals surface area (Å²) in [7, 11) is 0. The molecule has 0 bridgehead atoms. The zero-order valence-corrected chi connectivity index (χ0v) is 11.8. The SMILES string of the molecule is CC(=O)C(C)O.CC1OC(C)(O)C(C)OC1(C)O. The van der Waals surface area contributed by atoms with Gasteiger partial charge in [-0.3, -0.25) is 4.79 Å². The smallest absolute Gasteiger partial charge is 0.189 e. The van der Waals surface area contributed by atoms with Crippen molar-refractivity contribution in [2.45, 2.75) is 71.4 Å². The van der Waals surface area contributed by atoms with Crippen molar-refractivity contribution in [2.24, 2.45) is 0 Å². The Bertz CT molecular complexity index is 264. The van der Waals surface area contributed by atoms with E-state index in [1.165, 1.54) is 27.7 Å².